The van der Waals surface area contributed by atoms with Gasteiger partial charge in [0.25, 0.3) is 0 Å². The SMILES string of the molecule is CCC(O)CC(=O)O[C@@H]1[C@H](OC(C)=O)[C@@H]2CC[C@@H]3[C@H]([C@H](O)C(=O)[C@@]4(C)[C@H]3[C@H](O)C[C@@H]4[C@H](C)CCC(N)=O)[C@@]2(C)C[C@H]1O. The zero-order valence-corrected chi connectivity index (χ0v) is 25.4. The number of nitrogens with two attached hydrogens (primary N) is 1. The lowest BCUT2D eigenvalue weighted by Crippen LogP contribution is -2.68. The smallest absolute Gasteiger partial charge is 0.308 e. The fraction of sp³-hybridized carbons (Fsp3) is 0.871. The number of hydrogen-bond donors (Lipinski definition) is 5. The van der Waals surface area contributed by atoms with Crippen LogP contribution in [0.1, 0.15) is 86.0 Å². The average Bonchev–Trinajstić information content (AvgIpc) is 3.18. The highest BCUT2D eigenvalue weighted by Crippen LogP contribution is 2.67. The molecule has 4 saturated carbocycles. The molecule has 14 atom stereocenters. The Morgan fingerprint density at radius 3 is 2.31 bits per heavy atom. The maximum absolute atomic E-state index is 14.2. The van der Waals surface area contributed by atoms with Crippen LogP contribution in [0.2, 0.25) is 0 Å². The van der Waals surface area contributed by atoms with Gasteiger partial charge >= 0.3 is 11.9 Å². The first-order valence-corrected chi connectivity index (χ1v) is 15.5. The number of Topliss-reactive ketones (excluding diaryl/α,β-unsaturated/α-hetero) is 1. The van der Waals surface area contributed by atoms with Gasteiger partial charge in [0.15, 0.2) is 11.9 Å². The molecule has 11 nitrogen and oxygen atoms in total. The standard InChI is InChI=1S/C31H49NO10/c1-6-16(34)11-23(38)42-28-21(36)13-30(4)18(27(28)41-15(3)33)9-8-17-24-20(35)12-19(14(2)7-10-22(32)37)31(24,5)29(40)26(39)25(17)30/h14,16-21,24-28,34-36,39H,6-13H2,1-5H3,(H2,32,37)/t14-,16?,17+,18+,19-,20-,21-,24-,25-,26+,27-,28+,30+,31-/m1/s1. The summed E-state index contributed by atoms with van der Waals surface area (Å²) in [5.41, 5.74) is 3.50. The van der Waals surface area contributed by atoms with Crippen LogP contribution in [-0.2, 0) is 28.7 Å². The first-order chi connectivity index (χ1) is 19.6. The summed E-state index contributed by atoms with van der Waals surface area (Å²) in [7, 11) is 0. The molecule has 4 aliphatic rings. The van der Waals surface area contributed by atoms with Gasteiger partial charge in [-0.05, 0) is 61.7 Å². The van der Waals surface area contributed by atoms with E-state index in [1.807, 2.05) is 20.8 Å². The lowest BCUT2D eigenvalue weighted by molar-refractivity contribution is -0.242. The number of rotatable bonds is 9. The second kappa shape index (κ2) is 12.1. The summed E-state index contributed by atoms with van der Waals surface area (Å²) in [6, 6.07) is 0. The van der Waals surface area contributed by atoms with Crippen LogP contribution in [0.5, 0.6) is 0 Å². The number of ether oxygens (including phenoxy) is 2. The van der Waals surface area contributed by atoms with Crippen molar-refractivity contribution in [1.29, 1.82) is 0 Å². The third-order valence-corrected chi connectivity index (χ3v) is 11.6. The predicted octanol–water partition coefficient (Wildman–Crippen LogP) is 1.25. The van der Waals surface area contributed by atoms with Gasteiger partial charge in [-0.1, -0.05) is 27.7 Å². The van der Waals surface area contributed by atoms with Crippen molar-refractivity contribution in [2.45, 2.75) is 123 Å². The second-order valence-electron chi connectivity index (χ2n) is 14.0. The maximum atomic E-state index is 14.2. The summed E-state index contributed by atoms with van der Waals surface area (Å²) in [6.45, 7) is 8.65. The van der Waals surface area contributed by atoms with Crippen LogP contribution in [0.25, 0.3) is 0 Å². The number of aliphatic hydroxyl groups excluding tert-OH is 4. The van der Waals surface area contributed by atoms with Crippen LogP contribution in [0.3, 0.4) is 0 Å². The number of ketones is 1. The Hall–Kier alpha value is -2.08. The zero-order chi connectivity index (χ0) is 31.3. The maximum Gasteiger partial charge on any atom is 0.308 e. The number of aliphatic hydroxyl groups is 4. The Balaban J connectivity index is 1.66. The minimum atomic E-state index is -1.37. The average molecular weight is 596 g/mol. The molecule has 1 amide bonds. The number of hydrogen-bond acceptors (Lipinski definition) is 10. The van der Waals surface area contributed by atoms with Gasteiger partial charge in [-0.25, -0.2) is 0 Å². The van der Waals surface area contributed by atoms with Crippen molar-refractivity contribution in [3.05, 3.63) is 0 Å². The van der Waals surface area contributed by atoms with Crippen LogP contribution < -0.4 is 5.73 Å². The lowest BCUT2D eigenvalue weighted by Gasteiger charge is -2.63. The third-order valence-electron chi connectivity index (χ3n) is 11.6. The number of esters is 2. The molecule has 11 heteroatoms. The van der Waals surface area contributed by atoms with Crippen LogP contribution in [-0.4, -0.2) is 80.7 Å². The van der Waals surface area contributed by atoms with Crippen molar-refractivity contribution >= 4 is 23.6 Å². The van der Waals surface area contributed by atoms with Gasteiger partial charge in [0.05, 0.1) is 24.7 Å². The number of carbonyl (C=O) groups is 4. The molecular formula is C31H49NO10. The summed E-state index contributed by atoms with van der Waals surface area (Å²) in [4.78, 5) is 50.5. The summed E-state index contributed by atoms with van der Waals surface area (Å²) in [5, 5.41) is 44.5. The van der Waals surface area contributed by atoms with E-state index in [0.717, 1.165) is 0 Å². The molecule has 1 unspecified atom stereocenters. The molecule has 42 heavy (non-hydrogen) atoms. The molecule has 0 aromatic carbocycles. The van der Waals surface area contributed by atoms with Gasteiger partial charge in [-0.3, -0.25) is 19.2 Å². The zero-order valence-electron chi connectivity index (χ0n) is 25.4. The van der Waals surface area contributed by atoms with Gasteiger partial charge in [0.2, 0.25) is 5.91 Å². The van der Waals surface area contributed by atoms with Crippen molar-refractivity contribution in [3.8, 4) is 0 Å². The third kappa shape index (κ3) is 5.50. The molecule has 0 saturated heterocycles. The van der Waals surface area contributed by atoms with Crippen molar-refractivity contribution in [2.75, 3.05) is 0 Å². The Bertz CT molecular complexity index is 1070. The van der Waals surface area contributed by atoms with Crippen LogP contribution >= 0.6 is 0 Å². The fourth-order valence-corrected chi connectivity index (χ4v) is 9.73. The van der Waals surface area contributed by atoms with E-state index < -0.39 is 83.1 Å². The van der Waals surface area contributed by atoms with Crippen LogP contribution in [0.15, 0.2) is 0 Å². The van der Waals surface area contributed by atoms with E-state index in [9.17, 15) is 39.6 Å². The fourth-order valence-electron chi connectivity index (χ4n) is 9.73. The summed E-state index contributed by atoms with van der Waals surface area (Å²) in [5.74, 6) is -4.12. The van der Waals surface area contributed by atoms with E-state index in [1.54, 1.807) is 6.92 Å². The van der Waals surface area contributed by atoms with Crippen molar-refractivity contribution in [3.63, 3.8) is 0 Å². The Labute approximate surface area is 247 Å². The number of amides is 1. The number of fused-ring (bicyclic) bond motifs is 5. The molecule has 238 valence electrons. The lowest BCUT2D eigenvalue weighted by atomic mass is 9.42. The van der Waals surface area contributed by atoms with Gasteiger partial charge in [-0.2, -0.15) is 0 Å². The molecule has 0 aromatic rings. The van der Waals surface area contributed by atoms with Gasteiger partial charge in [-0.15, -0.1) is 0 Å². The summed E-state index contributed by atoms with van der Waals surface area (Å²) < 4.78 is 11.3. The quantitative estimate of drug-likeness (QED) is 0.242. The molecule has 0 bridgehead atoms. The Kier molecular flexibility index (Phi) is 9.48. The molecule has 4 aliphatic carbocycles. The highest BCUT2D eigenvalue weighted by Gasteiger charge is 2.71. The minimum Gasteiger partial charge on any atom is -0.458 e. The molecule has 0 spiro atoms. The number of primary amides is 1. The van der Waals surface area contributed by atoms with Crippen molar-refractivity contribution in [2.24, 2.45) is 52.1 Å². The monoisotopic (exact) mass is 595 g/mol. The van der Waals surface area contributed by atoms with Crippen molar-refractivity contribution < 1.29 is 49.1 Å². The predicted molar refractivity (Wildman–Crippen MR) is 149 cm³/mol. The van der Waals surface area contributed by atoms with Crippen LogP contribution in [0, 0.1) is 46.3 Å². The normalized spacial score (nSPS) is 44.3. The summed E-state index contributed by atoms with van der Waals surface area (Å²) in [6.07, 6.45) is -4.20. The topological polar surface area (TPSA) is 194 Å². The van der Waals surface area contributed by atoms with Crippen LogP contribution in [0.4, 0.5) is 0 Å². The van der Waals surface area contributed by atoms with Gasteiger partial charge in [0, 0.05) is 36.5 Å². The molecule has 0 aromatic heterocycles. The van der Waals surface area contributed by atoms with E-state index in [4.69, 9.17) is 15.2 Å². The van der Waals surface area contributed by atoms with E-state index in [2.05, 4.69) is 0 Å². The van der Waals surface area contributed by atoms with Gasteiger partial charge < -0.3 is 35.6 Å². The molecule has 0 radical (unpaired) electrons. The Morgan fingerprint density at radius 1 is 1.05 bits per heavy atom. The number of carbonyl (C=O) groups excluding carboxylic acids is 4. The highest BCUT2D eigenvalue weighted by atomic mass is 16.6. The summed E-state index contributed by atoms with van der Waals surface area (Å²) >= 11 is 0. The van der Waals surface area contributed by atoms with E-state index in [-0.39, 0.29) is 42.8 Å². The van der Waals surface area contributed by atoms with E-state index in [1.165, 1.54) is 6.92 Å². The molecule has 6 N–H and O–H groups in total. The van der Waals surface area contributed by atoms with E-state index in [0.29, 0.717) is 32.1 Å². The molecule has 4 rings (SSSR count). The first kappa shape index (κ1) is 32.8. The molecule has 0 aliphatic heterocycles. The largest absolute Gasteiger partial charge is 0.458 e. The molecule has 4 fully saturated rings. The minimum absolute atomic E-state index is 0.0757. The second-order valence-corrected chi connectivity index (χ2v) is 14.0. The molecular weight excluding hydrogens is 546 g/mol. The van der Waals surface area contributed by atoms with E-state index >= 15 is 0 Å². The highest BCUT2D eigenvalue weighted by molar-refractivity contribution is 5.91. The molecule has 0 heterocycles. The first-order valence-electron chi connectivity index (χ1n) is 15.5. The Morgan fingerprint density at radius 2 is 1.71 bits per heavy atom. The van der Waals surface area contributed by atoms with Crippen molar-refractivity contribution in [1.82, 2.24) is 0 Å². The van der Waals surface area contributed by atoms with Gasteiger partial charge in [0.1, 0.15) is 12.2 Å².